The monoisotopic (exact) mass is 216 g/mol. The van der Waals surface area contributed by atoms with Crippen LogP contribution in [0.4, 0.5) is 5.69 Å². The molecular formula is C12H12N2O2. The average molecular weight is 216 g/mol. The van der Waals surface area contributed by atoms with Crippen LogP contribution in [-0.4, -0.2) is 24.2 Å². The normalized spacial score (nSPS) is 16.0. The first-order valence-corrected chi connectivity index (χ1v) is 5.29. The molecule has 0 radical (unpaired) electrons. The van der Waals surface area contributed by atoms with Crippen LogP contribution in [0.5, 0.6) is 0 Å². The van der Waals surface area contributed by atoms with E-state index >= 15 is 0 Å². The van der Waals surface area contributed by atoms with Crippen LogP contribution in [0.1, 0.15) is 0 Å². The Morgan fingerprint density at radius 1 is 1.31 bits per heavy atom. The molecule has 1 aliphatic rings. The number of pyridine rings is 1. The van der Waals surface area contributed by atoms with Crippen molar-refractivity contribution in [1.29, 1.82) is 0 Å². The van der Waals surface area contributed by atoms with Crippen molar-refractivity contribution in [2.24, 2.45) is 0 Å². The molecule has 2 heterocycles. The maximum Gasteiger partial charge on any atom is 0.255 e. The van der Waals surface area contributed by atoms with Gasteiger partial charge in [-0.25, -0.2) is 0 Å². The van der Waals surface area contributed by atoms with Crippen molar-refractivity contribution in [2.45, 2.75) is 6.04 Å². The van der Waals surface area contributed by atoms with Gasteiger partial charge in [-0.1, -0.05) is 6.07 Å². The molecule has 2 aromatic rings. The Bertz CT molecular complexity index is 572. The second kappa shape index (κ2) is 3.64. The van der Waals surface area contributed by atoms with Gasteiger partial charge in [0.2, 0.25) is 0 Å². The molecule has 4 nitrogen and oxygen atoms in total. The summed E-state index contributed by atoms with van der Waals surface area (Å²) in [6, 6.07) is 8.09. The van der Waals surface area contributed by atoms with E-state index in [-0.39, 0.29) is 5.56 Å². The van der Waals surface area contributed by atoms with E-state index in [0.29, 0.717) is 11.4 Å². The zero-order chi connectivity index (χ0) is 11.0. The lowest BCUT2D eigenvalue weighted by molar-refractivity contribution is 0.0211. The fourth-order valence-corrected chi connectivity index (χ4v) is 1.83. The number of nitrogens with one attached hydrogen (secondary N) is 2. The lowest BCUT2D eigenvalue weighted by Crippen LogP contribution is -2.40. The van der Waals surface area contributed by atoms with Gasteiger partial charge in [0.1, 0.15) is 0 Å². The summed E-state index contributed by atoms with van der Waals surface area (Å²) in [6.07, 6.45) is 1.66. The second-order valence-corrected chi connectivity index (χ2v) is 3.99. The maximum atomic E-state index is 11.6. The topological polar surface area (TPSA) is 54.1 Å². The fraction of sp³-hybridized carbons (Fsp3) is 0.250. The molecule has 3 rings (SSSR count). The predicted octanol–water partition coefficient (Wildman–Crippen LogP) is 1.34. The Kier molecular flexibility index (Phi) is 2.15. The number of aromatic nitrogens is 1. The van der Waals surface area contributed by atoms with Gasteiger partial charge >= 0.3 is 0 Å². The molecule has 16 heavy (non-hydrogen) atoms. The first kappa shape index (κ1) is 9.42. The third kappa shape index (κ3) is 1.57. The highest BCUT2D eigenvalue weighted by Crippen LogP contribution is 2.17. The summed E-state index contributed by atoms with van der Waals surface area (Å²) in [6.45, 7) is 1.48. The third-order valence-corrected chi connectivity index (χ3v) is 2.78. The van der Waals surface area contributed by atoms with E-state index in [1.807, 2.05) is 24.3 Å². The Morgan fingerprint density at radius 2 is 2.19 bits per heavy atom. The summed E-state index contributed by atoms with van der Waals surface area (Å²) < 4.78 is 5.09. The van der Waals surface area contributed by atoms with Crippen LogP contribution < -0.4 is 10.9 Å². The van der Waals surface area contributed by atoms with E-state index < -0.39 is 0 Å². The van der Waals surface area contributed by atoms with E-state index in [0.717, 1.165) is 24.3 Å². The summed E-state index contributed by atoms with van der Waals surface area (Å²) in [7, 11) is 0. The first-order chi connectivity index (χ1) is 7.83. The van der Waals surface area contributed by atoms with Gasteiger partial charge in [0.15, 0.2) is 0 Å². The van der Waals surface area contributed by atoms with E-state index in [4.69, 9.17) is 4.74 Å². The molecule has 0 aliphatic carbocycles. The number of hydrogen-bond acceptors (Lipinski definition) is 3. The van der Waals surface area contributed by atoms with E-state index in [2.05, 4.69) is 10.3 Å². The molecule has 0 unspecified atom stereocenters. The standard InChI is InChI=1S/C12H12N2O2/c15-12-11-5-9(14-10-6-16-7-10)2-1-8(11)3-4-13-12/h1-5,10,14H,6-7H2,(H,13,15). The number of aromatic amines is 1. The highest BCUT2D eigenvalue weighted by Gasteiger charge is 2.17. The van der Waals surface area contributed by atoms with E-state index in [1.165, 1.54) is 0 Å². The van der Waals surface area contributed by atoms with Gasteiger partial charge in [-0.15, -0.1) is 0 Å². The molecule has 0 spiro atoms. The predicted molar refractivity (Wildman–Crippen MR) is 62.8 cm³/mol. The van der Waals surface area contributed by atoms with Gasteiger partial charge in [-0.05, 0) is 23.6 Å². The molecule has 2 N–H and O–H groups in total. The highest BCUT2D eigenvalue weighted by molar-refractivity contribution is 5.84. The van der Waals surface area contributed by atoms with Crippen molar-refractivity contribution >= 4 is 16.5 Å². The van der Waals surface area contributed by atoms with Crippen molar-refractivity contribution in [3.05, 3.63) is 40.8 Å². The number of ether oxygens (including phenoxy) is 1. The number of benzene rings is 1. The Morgan fingerprint density at radius 3 is 2.94 bits per heavy atom. The van der Waals surface area contributed by atoms with Crippen molar-refractivity contribution in [1.82, 2.24) is 4.98 Å². The smallest absolute Gasteiger partial charge is 0.255 e. The summed E-state index contributed by atoms with van der Waals surface area (Å²) in [4.78, 5) is 14.3. The van der Waals surface area contributed by atoms with Crippen molar-refractivity contribution in [2.75, 3.05) is 18.5 Å². The zero-order valence-electron chi connectivity index (χ0n) is 8.69. The Balaban J connectivity index is 2.00. The molecule has 0 amide bonds. The number of fused-ring (bicyclic) bond motifs is 1. The van der Waals surface area contributed by atoms with Gasteiger partial charge in [-0.3, -0.25) is 4.79 Å². The van der Waals surface area contributed by atoms with Crippen LogP contribution in [0, 0.1) is 0 Å². The number of anilines is 1. The van der Waals surface area contributed by atoms with Crippen molar-refractivity contribution < 1.29 is 4.74 Å². The molecule has 1 aromatic heterocycles. The van der Waals surface area contributed by atoms with E-state index in [1.54, 1.807) is 6.20 Å². The summed E-state index contributed by atoms with van der Waals surface area (Å²) in [5.41, 5.74) is 0.920. The zero-order valence-corrected chi connectivity index (χ0v) is 8.69. The van der Waals surface area contributed by atoms with Gasteiger partial charge in [0.05, 0.1) is 19.3 Å². The number of H-pyrrole nitrogens is 1. The van der Waals surface area contributed by atoms with Crippen molar-refractivity contribution in [3.8, 4) is 0 Å². The Hall–Kier alpha value is -1.81. The summed E-state index contributed by atoms with van der Waals surface area (Å²) in [5.74, 6) is 0. The Labute approximate surface area is 92.2 Å². The molecule has 1 fully saturated rings. The van der Waals surface area contributed by atoms with Crippen LogP contribution >= 0.6 is 0 Å². The first-order valence-electron chi connectivity index (χ1n) is 5.29. The molecule has 4 heteroatoms. The maximum absolute atomic E-state index is 11.6. The second-order valence-electron chi connectivity index (χ2n) is 3.99. The van der Waals surface area contributed by atoms with Gasteiger partial charge in [-0.2, -0.15) is 0 Å². The molecular weight excluding hydrogens is 204 g/mol. The minimum atomic E-state index is -0.0500. The average Bonchev–Trinajstić information content (AvgIpc) is 2.24. The van der Waals surface area contributed by atoms with Crippen molar-refractivity contribution in [3.63, 3.8) is 0 Å². The quantitative estimate of drug-likeness (QED) is 0.796. The number of rotatable bonds is 2. The van der Waals surface area contributed by atoms with Crippen LogP contribution in [0.25, 0.3) is 10.8 Å². The molecule has 1 aromatic carbocycles. The highest BCUT2D eigenvalue weighted by atomic mass is 16.5. The minimum Gasteiger partial charge on any atom is -0.378 e. The van der Waals surface area contributed by atoms with Gasteiger partial charge < -0.3 is 15.0 Å². The molecule has 0 atom stereocenters. The summed E-state index contributed by atoms with van der Waals surface area (Å²) >= 11 is 0. The van der Waals surface area contributed by atoms with E-state index in [9.17, 15) is 4.79 Å². The van der Waals surface area contributed by atoms with Crippen LogP contribution in [0.2, 0.25) is 0 Å². The molecule has 1 saturated heterocycles. The molecule has 0 bridgehead atoms. The SMILES string of the molecule is O=c1[nH]ccc2ccc(NC3COC3)cc12. The minimum absolute atomic E-state index is 0.0500. The lowest BCUT2D eigenvalue weighted by Gasteiger charge is -2.27. The van der Waals surface area contributed by atoms with Gasteiger partial charge in [0, 0.05) is 17.3 Å². The van der Waals surface area contributed by atoms with Gasteiger partial charge in [0.25, 0.3) is 5.56 Å². The molecule has 1 aliphatic heterocycles. The fourth-order valence-electron chi connectivity index (χ4n) is 1.83. The molecule has 0 saturated carbocycles. The lowest BCUT2D eigenvalue weighted by atomic mass is 10.1. The summed E-state index contributed by atoms with van der Waals surface area (Å²) in [5, 5.41) is 4.99. The van der Waals surface area contributed by atoms with Crippen LogP contribution in [0.3, 0.4) is 0 Å². The number of hydrogen-bond donors (Lipinski definition) is 2. The molecule has 82 valence electrons. The van der Waals surface area contributed by atoms with Crippen LogP contribution in [-0.2, 0) is 4.74 Å². The largest absolute Gasteiger partial charge is 0.378 e. The van der Waals surface area contributed by atoms with Crippen LogP contribution in [0.15, 0.2) is 35.3 Å². The third-order valence-electron chi connectivity index (χ3n) is 2.78.